The quantitative estimate of drug-likeness (QED) is 0.778. The van der Waals surface area contributed by atoms with E-state index in [0.29, 0.717) is 12.8 Å². The van der Waals surface area contributed by atoms with Crippen LogP contribution in [-0.4, -0.2) is 48.1 Å². The van der Waals surface area contributed by atoms with E-state index in [4.69, 9.17) is 5.11 Å². The molecule has 1 saturated carbocycles. The third-order valence-corrected chi connectivity index (χ3v) is 4.18. The number of amides is 1. The first-order valence-corrected chi connectivity index (χ1v) is 6.78. The van der Waals surface area contributed by atoms with Gasteiger partial charge >= 0.3 is 5.97 Å². The molecule has 18 heavy (non-hydrogen) atoms. The lowest BCUT2D eigenvalue weighted by Crippen LogP contribution is -2.42. The maximum atomic E-state index is 12.0. The van der Waals surface area contributed by atoms with E-state index in [9.17, 15) is 9.59 Å². The first kappa shape index (κ1) is 13.3. The van der Waals surface area contributed by atoms with Crippen LogP contribution in [0.5, 0.6) is 0 Å². The van der Waals surface area contributed by atoms with Gasteiger partial charge in [-0.1, -0.05) is 0 Å². The second-order valence-electron chi connectivity index (χ2n) is 5.64. The van der Waals surface area contributed by atoms with Gasteiger partial charge < -0.3 is 15.3 Å². The number of carboxylic acids is 1. The van der Waals surface area contributed by atoms with Crippen LogP contribution in [0.15, 0.2) is 0 Å². The maximum Gasteiger partial charge on any atom is 0.306 e. The van der Waals surface area contributed by atoms with Crippen LogP contribution in [-0.2, 0) is 9.59 Å². The van der Waals surface area contributed by atoms with Gasteiger partial charge in [0.05, 0.1) is 11.8 Å². The number of hydrogen-bond acceptors (Lipinski definition) is 3. The fourth-order valence-electron chi connectivity index (χ4n) is 2.95. The Hall–Kier alpha value is -1.10. The predicted molar refractivity (Wildman–Crippen MR) is 67.1 cm³/mol. The summed E-state index contributed by atoms with van der Waals surface area (Å²) in [7, 11) is 2.03. The van der Waals surface area contributed by atoms with Crippen molar-refractivity contribution in [2.24, 2.45) is 11.8 Å². The van der Waals surface area contributed by atoms with Crippen molar-refractivity contribution < 1.29 is 14.7 Å². The molecule has 1 unspecified atom stereocenters. The highest BCUT2D eigenvalue weighted by Crippen LogP contribution is 2.25. The minimum atomic E-state index is -0.697. The van der Waals surface area contributed by atoms with Gasteiger partial charge in [0.15, 0.2) is 0 Å². The molecule has 0 aromatic rings. The highest BCUT2D eigenvalue weighted by Gasteiger charge is 2.30. The maximum absolute atomic E-state index is 12.0. The van der Waals surface area contributed by atoms with Gasteiger partial charge in [-0.05, 0) is 45.7 Å². The van der Waals surface area contributed by atoms with Gasteiger partial charge in [-0.2, -0.15) is 0 Å². The van der Waals surface area contributed by atoms with Gasteiger partial charge in [0.1, 0.15) is 0 Å². The number of carbonyl (C=O) groups is 2. The molecule has 0 bridgehead atoms. The van der Waals surface area contributed by atoms with Crippen molar-refractivity contribution >= 4 is 11.9 Å². The summed E-state index contributed by atoms with van der Waals surface area (Å²) in [4.78, 5) is 25.0. The molecule has 2 rings (SSSR count). The van der Waals surface area contributed by atoms with Crippen LogP contribution in [0.2, 0.25) is 0 Å². The molecule has 0 aromatic heterocycles. The molecule has 1 heterocycles. The molecule has 2 aliphatic rings. The van der Waals surface area contributed by atoms with Gasteiger partial charge in [0.25, 0.3) is 0 Å². The van der Waals surface area contributed by atoms with E-state index in [1.54, 1.807) is 0 Å². The van der Waals surface area contributed by atoms with Gasteiger partial charge in [-0.3, -0.25) is 9.59 Å². The fourth-order valence-corrected chi connectivity index (χ4v) is 2.95. The van der Waals surface area contributed by atoms with Crippen LogP contribution in [0.25, 0.3) is 0 Å². The summed E-state index contributed by atoms with van der Waals surface area (Å²) in [5.41, 5.74) is 0. The number of carboxylic acid groups (broad SMARTS) is 1. The van der Waals surface area contributed by atoms with E-state index < -0.39 is 5.97 Å². The highest BCUT2D eigenvalue weighted by molar-refractivity contribution is 5.79. The summed E-state index contributed by atoms with van der Waals surface area (Å²) in [6.45, 7) is 1.83. The third-order valence-electron chi connectivity index (χ3n) is 4.18. The molecule has 102 valence electrons. The number of nitrogens with one attached hydrogen (secondary N) is 1. The Bertz CT molecular complexity index is 324. The molecule has 1 aliphatic heterocycles. The monoisotopic (exact) mass is 254 g/mol. The Morgan fingerprint density at radius 1 is 1.11 bits per heavy atom. The highest BCUT2D eigenvalue weighted by atomic mass is 16.4. The van der Waals surface area contributed by atoms with Gasteiger partial charge in [0.2, 0.25) is 5.91 Å². The Kier molecular flexibility index (Phi) is 4.22. The lowest BCUT2D eigenvalue weighted by molar-refractivity contribution is -0.142. The molecule has 1 atom stereocenters. The number of carbonyl (C=O) groups excluding carboxylic acids is 1. The van der Waals surface area contributed by atoms with Crippen LogP contribution >= 0.6 is 0 Å². The minimum absolute atomic E-state index is 0.118. The van der Waals surface area contributed by atoms with Gasteiger partial charge in [0, 0.05) is 12.6 Å². The summed E-state index contributed by atoms with van der Waals surface area (Å²) >= 11 is 0. The minimum Gasteiger partial charge on any atom is -0.481 e. The molecular weight excluding hydrogens is 232 g/mol. The van der Waals surface area contributed by atoms with Crippen molar-refractivity contribution in [3.05, 3.63) is 0 Å². The molecule has 5 nitrogen and oxygen atoms in total. The second kappa shape index (κ2) is 5.69. The van der Waals surface area contributed by atoms with Crippen molar-refractivity contribution in [3.8, 4) is 0 Å². The molecule has 5 heteroatoms. The van der Waals surface area contributed by atoms with Crippen LogP contribution < -0.4 is 5.32 Å². The van der Waals surface area contributed by atoms with Crippen molar-refractivity contribution in [1.82, 2.24) is 10.2 Å². The Balaban J connectivity index is 1.74. The zero-order chi connectivity index (χ0) is 13.1. The molecular formula is C13H22N2O3. The Morgan fingerprint density at radius 3 is 2.28 bits per heavy atom. The fraction of sp³-hybridized carbons (Fsp3) is 0.846. The summed E-state index contributed by atoms with van der Waals surface area (Å²) in [5, 5.41) is 12.0. The van der Waals surface area contributed by atoms with Crippen LogP contribution in [0.4, 0.5) is 0 Å². The van der Waals surface area contributed by atoms with Gasteiger partial charge in [-0.25, -0.2) is 0 Å². The SMILES string of the molecule is CN1CCC(C(=O)NC2CCC(C(=O)O)CC2)C1. The van der Waals surface area contributed by atoms with Gasteiger partial charge in [-0.15, -0.1) is 0 Å². The number of likely N-dealkylation sites (tertiary alicyclic amines) is 1. The van der Waals surface area contributed by atoms with Crippen molar-refractivity contribution in [2.45, 2.75) is 38.1 Å². The number of hydrogen-bond donors (Lipinski definition) is 2. The summed E-state index contributed by atoms with van der Waals surface area (Å²) < 4.78 is 0. The molecule has 1 aliphatic carbocycles. The van der Waals surface area contributed by atoms with E-state index in [1.807, 2.05) is 7.05 Å². The molecule has 0 spiro atoms. The smallest absolute Gasteiger partial charge is 0.306 e. The van der Waals surface area contributed by atoms with Crippen LogP contribution in [0.3, 0.4) is 0 Å². The summed E-state index contributed by atoms with van der Waals surface area (Å²) in [6.07, 6.45) is 3.90. The van der Waals surface area contributed by atoms with Crippen molar-refractivity contribution in [3.63, 3.8) is 0 Å². The van der Waals surface area contributed by atoms with Crippen molar-refractivity contribution in [2.75, 3.05) is 20.1 Å². The summed E-state index contributed by atoms with van der Waals surface area (Å²) in [6, 6.07) is 0.180. The molecule has 2 N–H and O–H groups in total. The standard InChI is InChI=1S/C13H22N2O3/c1-15-7-6-10(8-15)12(16)14-11-4-2-9(3-5-11)13(17)18/h9-11H,2-8H2,1H3,(H,14,16)(H,17,18). The predicted octanol–water partition coefficient (Wildman–Crippen LogP) is 0.698. The largest absolute Gasteiger partial charge is 0.481 e. The van der Waals surface area contributed by atoms with Crippen LogP contribution in [0, 0.1) is 11.8 Å². The zero-order valence-corrected chi connectivity index (χ0v) is 10.9. The zero-order valence-electron chi connectivity index (χ0n) is 10.9. The average Bonchev–Trinajstić information content (AvgIpc) is 2.76. The van der Waals surface area contributed by atoms with E-state index in [1.165, 1.54) is 0 Å². The number of aliphatic carboxylic acids is 1. The normalized spacial score (nSPS) is 33.3. The van der Waals surface area contributed by atoms with E-state index in [0.717, 1.165) is 32.4 Å². The third kappa shape index (κ3) is 3.22. The second-order valence-corrected chi connectivity index (χ2v) is 5.64. The first-order chi connectivity index (χ1) is 8.56. The Morgan fingerprint density at radius 2 is 1.78 bits per heavy atom. The first-order valence-electron chi connectivity index (χ1n) is 6.78. The van der Waals surface area contributed by atoms with E-state index in [-0.39, 0.29) is 23.8 Å². The van der Waals surface area contributed by atoms with Crippen LogP contribution in [0.1, 0.15) is 32.1 Å². The van der Waals surface area contributed by atoms with E-state index in [2.05, 4.69) is 10.2 Å². The lowest BCUT2D eigenvalue weighted by atomic mass is 9.86. The molecule has 0 aromatic carbocycles. The lowest BCUT2D eigenvalue weighted by Gasteiger charge is -2.27. The molecule has 1 amide bonds. The Labute approximate surface area is 108 Å². The van der Waals surface area contributed by atoms with Crippen molar-refractivity contribution in [1.29, 1.82) is 0 Å². The topological polar surface area (TPSA) is 69.6 Å². The molecule has 2 fully saturated rings. The average molecular weight is 254 g/mol. The number of rotatable bonds is 3. The summed E-state index contributed by atoms with van der Waals surface area (Å²) in [5.74, 6) is -0.640. The molecule has 0 radical (unpaired) electrons. The van der Waals surface area contributed by atoms with E-state index >= 15 is 0 Å². The molecule has 1 saturated heterocycles. The number of nitrogens with zero attached hydrogens (tertiary/aromatic N) is 1.